The Bertz CT molecular complexity index is 501. The Morgan fingerprint density at radius 3 is 1.92 bits per heavy atom. The van der Waals surface area contributed by atoms with Crippen molar-refractivity contribution < 1.29 is 9.53 Å². The molecule has 3 heteroatoms. The van der Waals surface area contributed by atoms with Crippen molar-refractivity contribution in [2.75, 3.05) is 0 Å². The summed E-state index contributed by atoms with van der Waals surface area (Å²) in [5, 5.41) is 2.56. The van der Waals surface area contributed by atoms with Gasteiger partial charge in [0.25, 0.3) is 0 Å². The molecule has 0 fully saturated rings. The molecular weight excluding hydrogens is 310 g/mol. The highest BCUT2D eigenvalue weighted by molar-refractivity contribution is 5.70. The number of allylic oxidation sites excluding steroid dienone is 8. The number of hydrogen-bond acceptors (Lipinski definition) is 2. The van der Waals surface area contributed by atoms with Crippen molar-refractivity contribution in [3.63, 3.8) is 0 Å². The van der Waals surface area contributed by atoms with Crippen LogP contribution in [0.25, 0.3) is 0 Å². The first-order valence-corrected chi connectivity index (χ1v) is 8.71. The van der Waals surface area contributed by atoms with Gasteiger partial charge in [-0.1, -0.05) is 77.8 Å². The van der Waals surface area contributed by atoms with E-state index >= 15 is 0 Å². The molecule has 0 aromatic rings. The number of carbonyl (C=O) groups excluding carboxylic acids is 1. The topological polar surface area (TPSA) is 38.3 Å². The second kappa shape index (κ2) is 16.6. The number of carbonyl (C=O) groups is 1. The van der Waals surface area contributed by atoms with Gasteiger partial charge in [-0.3, -0.25) is 5.32 Å². The number of hydrogen-bond donors (Lipinski definition) is 1. The van der Waals surface area contributed by atoms with Crippen molar-refractivity contribution in [1.29, 1.82) is 0 Å². The highest BCUT2D eigenvalue weighted by atomic mass is 16.6. The summed E-state index contributed by atoms with van der Waals surface area (Å²) in [6.45, 7) is 26.7. The molecule has 0 spiro atoms. The van der Waals surface area contributed by atoms with E-state index in [-0.39, 0.29) is 0 Å². The van der Waals surface area contributed by atoms with Crippen molar-refractivity contribution in [2.45, 2.75) is 61.0 Å². The van der Waals surface area contributed by atoms with Gasteiger partial charge in [-0.25, -0.2) is 4.79 Å². The Hall–Kier alpha value is -2.29. The van der Waals surface area contributed by atoms with Crippen molar-refractivity contribution >= 4 is 6.09 Å². The normalized spacial score (nSPS) is 11.0. The molecule has 0 aliphatic rings. The van der Waals surface area contributed by atoms with Crippen LogP contribution >= 0.6 is 0 Å². The lowest BCUT2D eigenvalue weighted by molar-refractivity contribution is 0.0548. The molecule has 0 rings (SSSR count). The van der Waals surface area contributed by atoms with Gasteiger partial charge in [-0.2, -0.15) is 0 Å². The number of amides is 1. The predicted octanol–water partition coefficient (Wildman–Crippen LogP) is 6.88. The van der Waals surface area contributed by atoms with E-state index < -0.39 is 11.7 Å². The molecule has 0 unspecified atom stereocenters. The van der Waals surface area contributed by atoms with Crippen LogP contribution in [0, 0.1) is 0 Å². The van der Waals surface area contributed by atoms with Crippen LogP contribution in [-0.4, -0.2) is 11.7 Å². The number of alkyl carbamates (subject to hydrolysis) is 1. The Kier molecular flexibility index (Phi) is 18.3. The summed E-state index contributed by atoms with van der Waals surface area (Å²) in [5.74, 6) is 0. The number of rotatable bonds is 6. The van der Waals surface area contributed by atoms with Gasteiger partial charge in [0.2, 0.25) is 0 Å². The third-order valence-corrected chi connectivity index (χ3v) is 2.24. The average Bonchev–Trinajstić information content (AvgIpc) is 2.55. The van der Waals surface area contributed by atoms with Crippen LogP contribution in [0.4, 0.5) is 4.79 Å². The van der Waals surface area contributed by atoms with E-state index in [9.17, 15) is 4.79 Å². The quantitative estimate of drug-likeness (QED) is 0.532. The minimum absolute atomic E-state index is 0.448. The van der Waals surface area contributed by atoms with Crippen LogP contribution in [-0.2, 0) is 4.74 Å². The summed E-state index contributed by atoms with van der Waals surface area (Å²) in [6.07, 6.45) is 10.3. The SMILES string of the molecule is C=C/C=C\C(=C)C(/C=C\C(=C)NC(=O)OC(C)(C)C)=C/C.CC.CC. The molecule has 0 heterocycles. The molecule has 0 bridgehead atoms. The van der Waals surface area contributed by atoms with Crippen LogP contribution in [0.1, 0.15) is 55.4 Å². The lowest BCUT2D eigenvalue weighted by Crippen LogP contribution is -2.31. The maximum atomic E-state index is 11.6. The average molecular weight is 348 g/mol. The lowest BCUT2D eigenvalue weighted by atomic mass is 10.1. The molecule has 25 heavy (non-hydrogen) atoms. The zero-order valence-electron chi connectivity index (χ0n) is 17.4. The summed E-state index contributed by atoms with van der Waals surface area (Å²) in [5.41, 5.74) is 1.69. The predicted molar refractivity (Wildman–Crippen MR) is 113 cm³/mol. The second-order valence-electron chi connectivity index (χ2n) is 5.35. The van der Waals surface area contributed by atoms with Gasteiger partial charge in [-0.05, 0) is 44.9 Å². The number of nitrogens with one attached hydrogen (secondary N) is 1. The van der Waals surface area contributed by atoms with Gasteiger partial charge < -0.3 is 4.74 Å². The van der Waals surface area contributed by atoms with Gasteiger partial charge in [-0.15, -0.1) is 0 Å². The largest absolute Gasteiger partial charge is 0.444 e. The highest BCUT2D eigenvalue weighted by Gasteiger charge is 2.15. The molecule has 0 saturated heterocycles. The fourth-order valence-electron chi connectivity index (χ4n) is 1.34. The molecule has 3 nitrogen and oxygen atoms in total. The van der Waals surface area contributed by atoms with E-state index in [4.69, 9.17) is 4.74 Å². The first-order valence-electron chi connectivity index (χ1n) is 8.71. The van der Waals surface area contributed by atoms with E-state index in [1.807, 2.05) is 58.9 Å². The van der Waals surface area contributed by atoms with E-state index in [1.54, 1.807) is 32.9 Å². The van der Waals surface area contributed by atoms with Crippen molar-refractivity contribution in [2.24, 2.45) is 0 Å². The Morgan fingerprint density at radius 1 is 1.00 bits per heavy atom. The summed E-state index contributed by atoms with van der Waals surface area (Å²) >= 11 is 0. The molecular formula is C22H37NO2. The maximum Gasteiger partial charge on any atom is 0.412 e. The fourth-order valence-corrected chi connectivity index (χ4v) is 1.34. The summed E-state index contributed by atoms with van der Waals surface area (Å²) < 4.78 is 5.14. The molecule has 0 saturated carbocycles. The first-order chi connectivity index (χ1) is 11.7. The summed E-state index contributed by atoms with van der Waals surface area (Å²) in [6, 6.07) is 0. The third-order valence-electron chi connectivity index (χ3n) is 2.24. The standard InChI is InChI=1S/C18H25NO2.2C2H6/c1-8-10-11-14(3)16(9-2)13-12-15(4)19-17(20)21-18(5,6)7;2*1-2/h8-13H,1,3-4H2,2,5-7H3,(H,19,20);2*1-2H3/b11-10-,13-12-,16-9+;;. The Balaban J connectivity index is -0.00000112. The van der Waals surface area contributed by atoms with Gasteiger partial charge in [0, 0.05) is 5.70 Å². The van der Waals surface area contributed by atoms with Crippen LogP contribution in [0.5, 0.6) is 0 Å². The smallest absolute Gasteiger partial charge is 0.412 e. The van der Waals surface area contributed by atoms with Crippen LogP contribution in [0.15, 0.2) is 73.0 Å². The maximum absolute atomic E-state index is 11.6. The molecule has 0 aromatic heterocycles. The van der Waals surface area contributed by atoms with Crippen LogP contribution in [0.3, 0.4) is 0 Å². The monoisotopic (exact) mass is 347 g/mol. The minimum atomic E-state index is -0.535. The molecule has 0 radical (unpaired) electrons. The van der Waals surface area contributed by atoms with Gasteiger partial charge in [0.1, 0.15) is 5.60 Å². The van der Waals surface area contributed by atoms with E-state index in [2.05, 4.69) is 25.1 Å². The molecule has 1 N–H and O–H groups in total. The van der Waals surface area contributed by atoms with E-state index in [0.29, 0.717) is 5.70 Å². The van der Waals surface area contributed by atoms with Gasteiger partial charge in [0.05, 0.1) is 0 Å². The number of ether oxygens (including phenoxy) is 1. The summed E-state index contributed by atoms with van der Waals surface area (Å²) in [4.78, 5) is 11.6. The van der Waals surface area contributed by atoms with Gasteiger partial charge >= 0.3 is 6.09 Å². The first kappa shape index (κ1) is 27.6. The van der Waals surface area contributed by atoms with Crippen LogP contribution in [0.2, 0.25) is 0 Å². The van der Waals surface area contributed by atoms with Crippen molar-refractivity contribution in [1.82, 2.24) is 5.32 Å². The lowest BCUT2D eigenvalue weighted by Gasteiger charge is -2.19. The molecule has 0 aromatic carbocycles. The zero-order valence-corrected chi connectivity index (χ0v) is 17.4. The Labute approximate surface area is 155 Å². The summed E-state index contributed by atoms with van der Waals surface area (Å²) in [7, 11) is 0. The Morgan fingerprint density at radius 2 is 1.52 bits per heavy atom. The zero-order chi connectivity index (χ0) is 20.5. The molecule has 0 atom stereocenters. The highest BCUT2D eigenvalue weighted by Crippen LogP contribution is 2.12. The fraction of sp³-hybridized carbons (Fsp3) is 0.409. The third kappa shape index (κ3) is 17.9. The van der Waals surface area contributed by atoms with Crippen molar-refractivity contribution in [3.05, 3.63) is 73.0 Å². The second-order valence-corrected chi connectivity index (χ2v) is 5.35. The van der Waals surface area contributed by atoms with E-state index in [0.717, 1.165) is 11.1 Å². The molecule has 0 aliphatic heterocycles. The minimum Gasteiger partial charge on any atom is -0.444 e. The molecule has 142 valence electrons. The van der Waals surface area contributed by atoms with Crippen molar-refractivity contribution in [3.8, 4) is 0 Å². The molecule has 0 aliphatic carbocycles. The van der Waals surface area contributed by atoms with Gasteiger partial charge in [0.15, 0.2) is 0 Å². The van der Waals surface area contributed by atoms with E-state index in [1.165, 1.54) is 0 Å². The van der Waals surface area contributed by atoms with Crippen LogP contribution < -0.4 is 5.32 Å². The molecule has 1 amide bonds.